The SMILES string of the molecule is Cc1ccc(C(=O)N[C@H](c2nnc(-c3ccccc3)o2)c2ccccc2F)cc1. The number of rotatable bonds is 5. The van der Waals surface area contributed by atoms with E-state index in [1.165, 1.54) is 6.07 Å². The summed E-state index contributed by atoms with van der Waals surface area (Å²) in [6.07, 6.45) is 0. The molecule has 29 heavy (non-hydrogen) atoms. The van der Waals surface area contributed by atoms with Crippen LogP contribution in [0.15, 0.2) is 83.3 Å². The van der Waals surface area contributed by atoms with E-state index in [2.05, 4.69) is 15.5 Å². The minimum Gasteiger partial charge on any atom is -0.418 e. The maximum Gasteiger partial charge on any atom is 0.252 e. The van der Waals surface area contributed by atoms with Gasteiger partial charge in [-0.15, -0.1) is 10.2 Å². The Morgan fingerprint density at radius 2 is 1.62 bits per heavy atom. The summed E-state index contributed by atoms with van der Waals surface area (Å²) in [5.41, 5.74) is 2.48. The molecule has 144 valence electrons. The van der Waals surface area contributed by atoms with Gasteiger partial charge in [-0.05, 0) is 37.3 Å². The number of nitrogens with one attached hydrogen (secondary N) is 1. The lowest BCUT2D eigenvalue weighted by Crippen LogP contribution is -2.30. The zero-order valence-corrected chi connectivity index (χ0v) is 15.7. The fraction of sp³-hybridized carbons (Fsp3) is 0.0870. The monoisotopic (exact) mass is 387 g/mol. The molecule has 1 heterocycles. The van der Waals surface area contributed by atoms with Crippen molar-refractivity contribution in [3.63, 3.8) is 0 Å². The Morgan fingerprint density at radius 1 is 0.931 bits per heavy atom. The van der Waals surface area contributed by atoms with Crippen molar-refractivity contribution in [2.75, 3.05) is 0 Å². The molecule has 4 rings (SSSR count). The first-order valence-corrected chi connectivity index (χ1v) is 9.12. The van der Waals surface area contributed by atoms with Crippen LogP contribution in [-0.4, -0.2) is 16.1 Å². The molecule has 6 heteroatoms. The van der Waals surface area contributed by atoms with Crippen LogP contribution in [0.5, 0.6) is 0 Å². The molecular formula is C23H18FN3O2. The van der Waals surface area contributed by atoms with Gasteiger partial charge in [0.2, 0.25) is 11.8 Å². The molecule has 1 aromatic heterocycles. The number of aromatic nitrogens is 2. The van der Waals surface area contributed by atoms with Crippen LogP contribution in [0.4, 0.5) is 4.39 Å². The lowest BCUT2D eigenvalue weighted by Gasteiger charge is -2.16. The summed E-state index contributed by atoms with van der Waals surface area (Å²) in [6, 6.07) is 21.6. The van der Waals surface area contributed by atoms with Crippen LogP contribution < -0.4 is 5.32 Å². The third kappa shape index (κ3) is 4.06. The van der Waals surface area contributed by atoms with Crippen molar-refractivity contribution in [3.05, 3.63) is 107 Å². The van der Waals surface area contributed by atoms with Gasteiger partial charge >= 0.3 is 0 Å². The Balaban J connectivity index is 1.70. The van der Waals surface area contributed by atoms with Crippen LogP contribution in [0, 0.1) is 12.7 Å². The molecule has 0 saturated carbocycles. The van der Waals surface area contributed by atoms with Crippen molar-refractivity contribution in [2.24, 2.45) is 0 Å². The molecule has 0 aliphatic carbocycles. The maximum atomic E-state index is 14.5. The summed E-state index contributed by atoms with van der Waals surface area (Å²) in [5, 5.41) is 11.0. The van der Waals surface area contributed by atoms with Crippen LogP contribution in [0.2, 0.25) is 0 Å². The highest BCUT2D eigenvalue weighted by molar-refractivity contribution is 5.94. The molecule has 0 bridgehead atoms. The second-order valence-electron chi connectivity index (χ2n) is 6.61. The lowest BCUT2D eigenvalue weighted by molar-refractivity contribution is 0.0937. The number of hydrogen-bond donors (Lipinski definition) is 1. The average Bonchev–Trinajstić information content (AvgIpc) is 3.24. The second-order valence-corrected chi connectivity index (χ2v) is 6.61. The Bertz CT molecular complexity index is 1120. The number of hydrogen-bond acceptors (Lipinski definition) is 4. The Morgan fingerprint density at radius 3 is 2.34 bits per heavy atom. The molecule has 1 amide bonds. The van der Waals surface area contributed by atoms with E-state index in [4.69, 9.17) is 4.42 Å². The van der Waals surface area contributed by atoms with E-state index >= 15 is 0 Å². The van der Waals surface area contributed by atoms with Crippen molar-refractivity contribution in [2.45, 2.75) is 13.0 Å². The first-order chi connectivity index (χ1) is 14.1. The molecule has 0 unspecified atom stereocenters. The largest absolute Gasteiger partial charge is 0.418 e. The summed E-state index contributed by atoms with van der Waals surface area (Å²) in [4.78, 5) is 12.8. The smallest absolute Gasteiger partial charge is 0.252 e. The van der Waals surface area contributed by atoms with Crippen LogP contribution in [0.25, 0.3) is 11.5 Å². The van der Waals surface area contributed by atoms with Gasteiger partial charge in [-0.25, -0.2) is 4.39 Å². The highest BCUT2D eigenvalue weighted by Crippen LogP contribution is 2.27. The van der Waals surface area contributed by atoms with Gasteiger partial charge in [0, 0.05) is 16.7 Å². The number of aryl methyl sites for hydroxylation is 1. The van der Waals surface area contributed by atoms with Gasteiger partial charge in [-0.3, -0.25) is 4.79 Å². The van der Waals surface area contributed by atoms with E-state index in [1.807, 2.05) is 49.4 Å². The summed E-state index contributed by atoms with van der Waals surface area (Å²) >= 11 is 0. The lowest BCUT2D eigenvalue weighted by atomic mass is 10.0. The number of nitrogens with zero attached hydrogens (tertiary/aromatic N) is 2. The summed E-state index contributed by atoms with van der Waals surface area (Å²) in [7, 11) is 0. The number of carbonyl (C=O) groups is 1. The van der Waals surface area contributed by atoms with Crippen LogP contribution in [0.1, 0.15) is 33.4 Å². The Hall–Kier alpha value is -3.80. The summed E-state index contributed by atoms with van der Waals surface area (Å²) in [6.45, 7) is 1.94. The van der Waals surface area contributed by atoms with Gasteiger partial charge in [-0.2, -0.15) is 0 Å². The van der Waals surface area contributed by atoms with Crippen molar-refractivity contribution in [1.29, 1.82) is 0 Å². The van der Waals surface area contributed by atoms with Gasteiger partial charge in [0.05, 0.1) is 0 Å². The summed E-state index contributed by atoms with van der Waals surface area (Å²) in [5.74, 6) is -0.431. The molecule has 0 aliphatic heterocycles. The van der Waals surface area contributed by atoms with Gasteiger partial charge in [0.1, 0.15) is 11.9 Å². The molecule has 0 spiro atoms. The van der Waals surface area contributed by atoms with E-state index in [9.17, 15) is 9.18 Å². The normalized spacial score (nSPS) is 11.8. The molecule has 5 nitrogen and oxygen atoms in total. The zero-order valence-electron chi connectivity index (χ0n) is 15.7. The standard InChI is InChI=1S/C23H18FN3O2/c1-15-11-13-16(14-12-15)21(28)25-20(18-9-5-6-10-19(18)24)23-27-26-22(29-23)17-7-3-2-4-8-17/h2-14,20H,1H3,(H,25,28)/t20-/m0/s1. The molecule has 4 aromatic rings. The third-order valence-electron chi connectivity index (χ3n) is 4.51. The predicted octanol–water partition coefficient (Wildman–Crippen LogP) is 4.70. The topological polar surface area (TPSA) is 68.0 Å². The number of benzene rings is 3. The molecule has 0 radical (unpaired) electrons. The van der Waals surface area contributed by atoms with E-state index in [0.29, 0.717) is 11.5 Å². The highest BCUT2D eigenvalue weighted by Gasteiger charge is 2.26. The van der Waals surface area contributed by atoms with E-state index in [0.717, 1.165) is 11.1 Å². The fourth-order valence-electron chi connectivity index (χ4n) is 2.95. The fourth-order valence-corrected chi connectivity index (χ4v) is 2.95. The second kappa shape index (κ2) is 8.06. The molecule has 0 aliphatic rings. The molecule has 0 fully saturated rings. The van der Waals surface area contributed by atoms with Gasteiger partial charge in [-0.1, -0.05) is 54.1 Å². The molecule has 0 saturated heterocycles. The molecular weight excluding hydrogens is 369 g/mol. The third-order valence-corrected chi connectivity index (χ3v) is 4.51. The van der Waals surface area contributed by atoms with E-state index < -0.39 is 11.9 Å². The number of halogens is 1. The Labute approximate surface area is 167 Å². The average molecular weight is 387 g/mol. The first kappa shape index (κ1) is 18.6. The molecule has 3 aromatic carbocycles. The van der Waals surface area contributed by atoms with Crippen molar-refractivity contribution in [1.82, 2.24) is 15.5 Å². The van der Waals surface area contributed by atoms with Crippen molar-refractivity contribution < 1.29 is 13.6 Å². The maximum absolute atomic E-state index is 14.5. The van der Waals surface area contributed by atoms with Gasteiger partial charge in [0.15, 0.2) is 0 Å². The molecule has 1 atom stereocenters. The first-order valence-electron chi connectivity index (χ1n) is 9.12. The van der Waals surface area contributed by atoms with Gasteiger partial charge in [0.25, 0.3) is 5.91 Å². The van der Waals surface area contributed by atoms with Crippen LogP contribution in [-0.2, 0) is 0 Å². The summed E-state index contributed by atoms with van der Waals surface area (Å²) < 4.78 is 20.3. The van der Waals surface area contributed by atoms with Gasteiger partial charge < -0.3 is 9.73 Å². The highest BCUT2D eigenvalue weighted by atomic mass is 19.1. The zero-order chi connectivity index (χ0) is 20.2. The predicted molar refractivity (Wildman–Crippen MR) is 107 cm³/mol. The minimum atomic E-state index is -0.921. The van der Waals surface area contributed by atoms with E-state index in [1.54, 1.807) is 30.3 Å². The van der Waals surface area contributed by atoms with E-state index in [-0.39, 0.29) is 17.4 Å². The van der Waals surface area contributed by atoms with Crippen molar-refractivity contribution in [3.8, 4) is 11.5 Å². The number of carbonyl (C=O) groups excluding carboxylic acids is 1. The molecule has 1 N–H and O–H groups in total. The minimum absolute atomic E-state index is 0.106. The number of amides is 1. The quantitative estimate of drug-likeness (QED) is 0.539. The van der Waals surface area contributed by atoms with Crippen molar-refractivity contribution >= 4 is 5.91 Å². The van der Waals surface area contributed by atoms with Crippen LogP contribution in [0.3, 0.4) is 0 Å². The Kier molecular flexibility index (Phi) is 5.16. The van der Waals surface area contributed by atoms with Crippen LogP contribution >= 0.6 is 0 Å².